The van der Waals surface area contributed by atoms with Crippen molar-refractivity contribution in [3.8, 4) is 50.3 Å². The van der Waals surface area contributed by atoms with Gasteiger partial charge in [-0.3, -0.25) is 4.90 Å². The van der Waals surface area contributed by atoms with Gasteiger partial charge >= 0.3 is 5.97 Å². The zero-order valence-electron chi connectivity index (χ0n) is 36.0. The number of aromatic nitrogens is 4. The van der Waals surface area contributed by atoms with Gasteiger partial charge in [-0.1, -0.05) is 72.3 Å². The van der Waals surface area contributed by atoms with E-state index in [1.807, 2.05) is 55.5 Å². The number of carboxylic acid groups (broad SMARTS) is 1. The van der Waals surface area contributed by atoms with Crippen LogP contribution < -0.4 is 19.5 Å². The molecular weight excluding hydrogens is 890 g/mol. The van der Waals surface area contributed by atoms with E-state index in [9.17, 15) is 14.3 Å². The Bertz CT molecular complexity index is 2740. The molecule has 1 aliphatic heterocycles. The fraction of sp³-hybridized carbons (Fsp3) is 0.271. The SMILES string of the molecule is COP(Cc1ccc(-c2nccc(COc3ccccc3CC(Oc3ncnc4sc(-c5ccc(F)cc5)c(-c5ccc(OCCN6CCNCC6)c(Cl)c5C)c34)C(=O)O)n2)cc1)OC. The summed E-state index contributed by atoms with van der Waals surface area (Å²) in [4.78, 5) is 35.0. The molecule has 0 spiro atoms. The molecule has 8 rings (SSSR count). The Morgan fingerprint density at radius 3 is 2.43 bits per heavy atom. The van der Waals surface area contributed by atoms with Gasteiger partial charge in [-0.25, -0.2) is 29.1 Å². The smallest absolute Gasteiger partial charge is 0.345 e. The van der Waals surface area contributed by atoms with E-state index in [1.165, 1.54) is 29.8 Å². The Morgan fingerprint density at radius 1 is 0.923 bits per heavy atom. The zero-order valence-corrected chi connectivity index (χ0v) is 38.5. The molecule has 0 amide bonds. The number of ether oxygens (including phenoxy) is 3. The van der Waals surface area contributed by atoms with Crippen molar-refractivity contribution in [3.63, 3.8) is 0 Å². The van der Waals surface area contributed by atoms with Crippen LogP contribution in [0.15, 0.2) is 104 Å². The van der Waals surface area contributed by atoms with Gasteiger partial charge in [0.05, 0.1) is 16.1 Å². The van der Waals surface area contributed by atoms with E-state index in [2.05, 4.69) is 25.2 Å². The fourth-order valence-corrected chi connectivity index (χ4v) is 9.81. The fourth-order valence-electron chi connectivity index (χ4n) is 7.53. The Balaban J connectivity index is 1.05. The molecule has 1 aliphatic rings. The maximum absolute atomic E-state index is 14.2. The molecule has 0 radical (unpaired) electrons. The van der Waals surface area contributed by atoms with E-state index in [0.717, 1.165) is 65.4 Å². The highest BCUT2D eigenvalue weighted by Gasteiger charge is 2.28. The molecule has 1 saturated heterocycles. The lowest BCUT2D eigenvalue weighted by Crippen LogP contribution is -2.44. The number of para-hydroxylation sites is 1. The van der Waals surface area contributed by atoms with Crippen LogP contribution in [0.1, 0.15) is 22.4 Å². The summed E-state index contributed by atoms with van der Waals surface area (Å²) < 4.78 is 43.9. The highest BCUT2D eigenvalue weighted by Crippen LogP contribution is 2.49. The van der Waals surface area contributed by atoms with Crippen molar-refractivity contribution >= 4 is 47.5 Å². The van der Waals surface area contributed by atoms with Crippen LogP contribution in [-0.4, -0.2) is 95.6 Å². The highest BCUT2D eigenvalue weighted by atomic mass is 35.5. The molecule has 3 aromatic heterocycles. The number of piperazine rings is 1. The Kier molecular flexibility index (Phi) is 15.2. The topological polar surface area (TPSA) is 150 Å². The summed E-state index contributed by atoms with van der Waals surface area (Å²) in [5, 5.41) is 15.0. The molecular formula is C48H47ClFN6O7PS. The molecule has 7 aromatic rings. The molecule has 4 heterocycles. The van der Waals surface area contributed by atoms with Crippen molar-refractivity contribution in [2.45, 2.75) is 32.2 Å². The first-order valence-electron chi connectivity index (χ1n) is 20.9. The number of aliphatic carboxylic acids is 1. The van der Waals surface area contributed by atoms with Crippen molar-refractivity contribution in [2.24, 2.45) is 0 Å². The van der Waals surface area contributed by atoms with Crippen LogP contribution in [0.25, 0.3) is 43.2 Å². The number of hydrogen-bond donors (Lipinski definition) is 2. The number of thiophene rings is 1. The number of halogens is 2. The number of rotatable bonds is 19. The van der Waals surface area contributed by atoms with Crippen molar-refractivity contribution in [2.75, 3.05) is 53.6 Å². The third-order valence-electron chi connectivity index (χ3n) is 11.0. The molecule has 336 valence electrons. The monoisotopic (exact) mass is 936 g/mol. The first kappa shape index (κ1) is 45.9. The molecule has 4 aromatic carbocycles. The second-order valence-electron chi connectivity index (χ2n) is 15.1. The molecule has 17 heteroatoms. The summed E-state index contributed by atoms with van der Waals surface area (Å²) in [5.74, 6) is 0.0712. The van der Waals surface area contributed by atoms with Gasteiger partial charge in [0.1, 0.15) is 41.7 Å². The minimum atomic E-state index is -1.38. The number of nitrogens with one attached hydrogen (secondary N) is 1. The van der Waals surface area contributed by atoms with Crippen LogP contribution in [0.4, 0.5) is 4.39 Å². The molecule has 0 aliphatic carbocycles. The first-order valence-corrected chi connectivity index (χ1v) is 23.5. The maximum atomic E-state index is 14.2. The number of hydrogen-bond acceptors (Lipinski definition) is 13. The largest absolute Gasteiger partial charge is 0.491 e. The lowest BCUT2D eigenvalue weighted by Gasteiger charge is -2.27. The van der Waals surface area contributed by atoms with Gasteiger partial charge < -0.3 is 33.7 Å². The average Bonchev–Trinajstić information content (AvgIpc) is 3.72. The summed E-state index contributed by atoms with van der Waals surface area (Å²) in [6.07, 6.45) is 2.26. The molecule has 1 unspecified atom stereocenters. The van der Waals surface area contributed by atoms with Crippen LogP contribution >= 0.6 is 31.3 Å². The van der Waals surface area contributed by atoms with Crippen LogP contribution in [0.2, 0.25) is 5.02 Å². The molecule has 65 heavy (non-hydrogen) atoms. The van der Waals surface area contributed by atoms with Gasteiger partial charge in [0.25, 0.3) is 0 Å². The quantitative estimate of drug-likeness (QED) is 0.0742. The minimum Gasteiger partial charge on any atom is -0.491 e. The van der Waals surface area contributed by atoms with E-state index < -0.39 is 20.4 Å². The lowest BCUT2D eigenvalue weighted by molar-refractivity contribution is -0.145. The summed E-state index contributed by atoms with van der Waals surface area (Å²) in [6, 6.07) is 26.9. The van der Waals surface area contributed by atoms with E-state index in [4.69, 9.17) is 39.8 Å². The standard InChI is InChI=1S/C48H47ClFN6O7PS/c1-30-37(16-17-39(43(30)49)61-25-24-56-22-20-51-21-23-56)41-42-46(53-29-54-47(42)65-44(41)32-12-14-35(50)15-13-32)63-40(48(57)58)26-34-6-4-5-7-38(34)62-27-36-18-19-52-45(55-36)33-10-8-31(9-11-33)28-64(59-2)60-3/h4-19,29,40,51H,20-28H2,1-3H3,(H,57,58). The highest BCUT2D eigenvalue weighted by molar-refractivity contribution is 7.46. The molecule has 1 fully saturated rings. The van der Waals surface area contributed by atoms with E-state index in [-0.39, 0.29) is 24.7 Å². The number of benzene rings is 4. The number of nitrogens with zero attached hydrogens (tertiary/aromatic N) is 5. The Labute approximate surface area is 386 Å². The summed E-state index contributed by atoms with van der Waals surface area (Å²) in [7, 11) is 2.27. The molecule has 2 N–H and O–H groups in total. The van der Waals surface area contributed by atoms with E-state index in [1.54, 1.807) is 50.7 Å². The normalized spacial score (nSPS) is 13.6. The average molecular weight is 937 g/mol. The van der Waals surface area contributed by atoms with Gasteiger partial charge in [-0.15, -0.1) is 11.3 Å². The number of carbonyl (C=O) groups is 1. The zero-order chi connectivity index (χ0) is 45.3. The van der Waals surface area contributed by atoms with Crippen molar-refractivity contribution < 1.29 is 37.5 Å². The van der Waals surface area contributed by atoms with E-state index in [0.29, 0.717) is 62.2 Å². The first-order chi connectivity index (χ1) is 31.7. The second-order valence-corrected chi connectivity index (χ2v) is 18.2. The van der Waals surface area contributed by atoms with E-state index >= 15 is 0 Å². The molecule has 0 bridgehead atoms. The molecule has 0 saturated carbocycles. The lowest BCUT2D eigenvalue weighted by atomic mass is 9.96. The van der Waals surface area contributed by atoms with Gasteiger partial charge in [0.15, 0.2) is 14.2 Å². The van der Waals surface area contributed by atoms with Crippen molar-refractivity contribution in [1.82, 2.24) is 30.2 Å². The molecule has 13 nitrogen and oxygen atoms in total. The summed E-state index contributed by atoms with van der Waals surface area (Å²) in [6.45, 7) is 7.06. The number of carboxylic acids is 1. The van der Waals surface area contributed by atoms with Gasteiger partial charge in [0.2, 0.25) is 12.0 Å². The Morgan fingerprint density at radius 2 is 1.68 bits per heavy atom. The van der Waals surface area contributed by atoms with Gasteiger partial charge in [-0.05, 0) is 65.1 Å². The predicted molar refractivity (Wildman–Crippen MR) is 251 cm³/mol. The van der Waals surface area contributed by atoms with Crippen LogP contribution in [-0.2, 0) is 33.0 Å². The maximum Gasteiger partial charge on any atom is 0.345 e. The van der Waals surface area contributed by atoms with Crippen molar-refractivity contribution in [3.05, 3.63) is 137 Å². The van der Waals surface area contributed by atoms with Crippen LogP contribution in [0.3, 0.4) is 0 Å². The summed E-state index contributed by atoms with van der Waals surface area (Å²) >= 11 is 8.41. The van der Waals surface area contributed by atoms with Crippen molar-refractivity contribution in [1.29, 1.82) is 0 Å². The minimum absolute atomic E-state index is 0.0537. The van der Waals surface area contributed by atoms with Gasteiger partial charge in [-0.2, -0.15) is 0 Å². The summed E-state index contributed by atoms with van der Waals surface area (Å²) in [5.41, 5.74) is 6.05. The second kappa shape index (κ2) is 21.6. The number of fused-ring (bicyclic) bond motifs is 1. The van der Waals surface area contributed by atoms with Crippen LogP contribution in [0, 0.1) is 12.7 Å². The molecule has 1 atom stereocenters. The van der Waals surface area contributed by atoms with Crippen LogP contribution in [0.5, 0.6) is 17.4 Å². The predicted octanol–water partition coefficient (Wildman–Crippen LogP) is 9.63. The Hall–Kier alpha value is -5.64. The third-order valence-corrected chi connectivity index (χ3v) is 14.0. The third kappa shape index (κ3) is 11.1. The van der Waals surface area contributed by atoms with Gasteiger partial charge in [0, 0.05) is 81.7 Å².